The summed E-state index contributed by atoms with van der Waals surface area (Å²) < 4.78 is 6.43. The fourth-order valence-electron chi connectivity index (χ4n) is 5.05. The predicted molar refractivity (Wildman–Crippen MR) is 135 cm³/mol. The van der Waals surface area contributed by atoms with E-state index in [1.807, 2.05) is 18.2 Å². The van der Waals surface area contributed by atoms with Gasteiger partial charge in [0.15, 0.2) is 0 Å². The molecular weight excluding hydrogens is 410 g/mol. The third-order valence-corrected chi connectivity index (χ3v) is 7.22. The van der Waals surface area contributed by atoms with E-state index in [1.165, 1.54) is 31.2 Å². The van der Waals surface area contributed by atoms with Crippen LogP contribution in [0.5, 0.6) is 5.75 Å². The van der Waals surface area contributed by atoms with E-state index in [1.54, 1.807) is 6.21 Å². The van der Waals surface area contributed by atoms with E-state index in [4.69, 9.17) is 4.74 Å². The highest BCUT2D eigenvalue weighted by Crippen LogP contribution is 2.43. The van der Waals surface area contributed by atoms with Crippen molar-refractivity contribution in [3.63, 3.8) is 0 Å². The Labute approximate surface area is 199 Å². The maximum Gasteiger partial charge on any atom is 0.123 e. The molecule has 0 radical (unpaired) electrons. The maximum absolute atomic E-state index is 10.4. The van der Waals surface area contributed by atoms with E-state index in [0.717, 1.165) is 36.1 Å². The number of hydrogen-bond acceptors (Lipinski definition) is 4. The zero-order valence-electron chi connectivity index (χ0n) is 20.5. The van der Waals surface area contributed by atoms with Gasteiger partial charge in [0.25, 0.3) is 0 Å². The topological polar surface area (TPSA) is 62.1 Å². The number of nitrogens with zero attached hydrogens (tertiary/aromatic N) is 1. The maximum atomic E-state index is 10.4. The Morgan fingerprint density at radius 1 is 1.06 bits per heavy atom. The SMILES string of the molecule is CCCCCCC(C)(C)c1ccc([C@@H]2C[C@H](O)CC[C@H]2C=NO)c(OCc2ccccc2)c1. The van der Waals surface area contributed by atoms with Crippen molar-refractivity contribution in [2.45, 2.75) is 96.2 Å². The van der Waals surface area contributed by atoms with Crippen LogP contribution in [0.3, 0.4) is 0 Å². The van der Waals surface area contributed by atoms with Gasteiger partial charge in [0.1, 0.15) is 12.4 Å². The smallest absolute Gasteiger partial charge is 0.123 e. The summed E-state index contributed by atoms with van der Waals surface area (Å²) in [6.45, 7) is 7.39. The van der Waals surface area contributed by atoms with Gasteiger partial charge in [0, 0.05) is 12.1 Å². The van der Waals surface area contributed by atoms with Crippen molar-refractivity contribution in [2.75, 3.05) is 0 Å². The molecule has 1 fully saturated rings. The van der Waals surface area contributed by atoms with Gasteiger partial charge in [-0.15, -0.1) is 5.16 Å². The van der Waals surface area contributed by atoms with Gasteiger partial charge in [0.2, 0.25) is 0 Å². The van der Waals surface area contributed by atoms with Crippen LogP contribution in [0.25, 0.3) is 0 Å². The molecule has 1 aliphatic rings. The zero-order valence-corrected chi connectivity index (χ0v) is 20.5. The Bertz CT molecular complexity index is 878. The van der Waals surface area contributed by atoms with Crippen LogP contribution in [0.15, 0.2) is 53.7 Å². The Hall–Kier alpha value is -2.33. The molecule has 0 aliphatic heterocycles. The van der Waals surface area contributed by atoms with Crippen molar-refractivity contribution in [1.29, 1.82) is 0 Å². The summed E-state index contributed by atoms with van der Waals surface area (Å²) in [7, 11) is 0. The third-order valence-electron chi connectivity index (χ3n) is 7.22. The quantitative estimate of drug-likeness (QED) is 0.164. The second-order valence-electron chi connectivity index (χ2n) is 10.2. The van der Waals surface area contributed by atoms with Crippen LogP contribution in [0, 0.1) is 5.92 Å². The first-order valence-electron chi connectivity index (χ1n) is 12.6. The minimum atomic E-state index is -0.338. The first-order valence-corrected chi connectivity index (χ1v) is 12.6. The van der Waals surface area contributed by atoms with E-state index in [2.05, 4.69) is 56.3 Å². The molecule has 1 aliphatic carbocycles. The fraction of sp³-hybridized carbons (Fsp3) is 0.552. The number of oxime groups is 1. The molecule has 180 valence electrons. The van der Waals surface area contributed by atoms with Crippen LogP contribution in [0.2, 0.25) is 0 Å². The molecule has 2 aromatic carbocycles. The highest BCUT2D eigenvalue weighted by Gasteiger charge is 2.33. The number of benzene rings is 2. The van der Waals surface area contributed by atoms with Gasteiger partial charge in [0.05, 0.1) is 6.10 Å². The molecule has 0 saturated heterocycles. The monoisotopic (exact) mass is 451 g/mol. The first kappa shape index (κ1) is 25.3. The molecule has 0 spiro atoms. The van der Waals surface area contributed by atoms with E-state index in [-0.39, 0.29) is 23.4 Å². The van der Waals surface area contributed by atoms with Crippen LogP contribution >= 0.6 is 0 Å². The Morgan fingerprint density at radius 3 is 2.58 bits per heavy atom. The molecule has 2 N–H and O–H groups in total. The third kappa shape index (κ3) is 7.07. The lowest BCUT2D eigenvalue weighted by Gasteiger charge is -2.34. The molecule has 0 unspecified atom stereocenters. The summed E-state index contributed by atoms with van der Waals surface area (Å²) in [5.74, 6) is 1.04. The van der Waals surface area contributed by atoms with E-state index >= 15 is 0 Å². The molecular formula is C29H41NO3. The number of aliphatic hydroxyl groups is 1. The second kappa shape index (κ2) is 12.2. The molecule has 0 heterocycles. The lowest BCUT2D eigenvalue weighted by atomic mass is 9.73. The summed E-state index contributed by atoms with van der Waals surface area (Å²) in [6.07, 6.45) is 9.67. The average molecular weight is 452 g/mol. The molecule has 0 bridgehead atoms. The van der Waals surface area contributed by atoms with Gasteiger partial charge in [-0.05, 0) is 59.8 Å². The highest BCUT2D eigenvalue weighted by atomic mass is 16.5. The van der Waals surface area contributed by atoms with Crippen molar-refractivity contribution in [2.24, 2.45) is 11.1 Å². The normalized spacial score (nSPS) is 21.4. The van der Waals surface area contributed by atoms with Gasteiger partial charge in [-0.3, -0.25) is 0 Å². The van der Waals surface area contributed by atoms with Crippen molar-refractivity contribution in [3.8, 4) is 5.75 Å². The first-order chi connectivity index (χ1) is 15.9. The minimum absolute atomic E-state index is 0.0646. The van der Waals surface area contributed by atoms with E-state index in [9.17, 15) is 10.3 Å². The lowest BCUT2D eigenvalue weighted by molar-refractivity contribution is 0.107. The molecule has 0 amide bonds. The number of hydrogen-bond donors (Lipinski definition) is 2. The van der Waals surface area contributed by atoms with Crippen LogP contribution in [0.1, 0.15) is 94.7 Å². The number of unbranched alkanes of at least 4 members (excludes halogenated alkanes) is 3. The Morgan fingerprint density at radius 2 is 1.85 bits per heavy atom. The van der Waals surface area contributed by atoms with Crippen molar-refractivity contribution < 1.29 is 15.1 Å². The standard InChI is InChI=1S/C29H41NO3/c1-4-5-6-10-17-29(2,3)24-14-16-26(27-19-25(31)15-13-23(27)20-30-32)28(18-24)33-21-22-11-8-7-9-12-22/h7-9,11-12,14,16,18,20,23,25,27,31-32H,4-6,10,13,15,17,19,21H2,1-3H3/t23-,25+,27+/m0/s1. The molecule has 3 atom stereocenters. The minimum Gasteiger partial charge on any atom is -0.489 e. The van der Waals surface area contributed by atoms with E-state index in [0.29, 0.717) is 13.0 Å². The second-order valence-corrected chi connectivity index (χ2v) is 10.2. The molecule has 0 aromatic heterocycles. The number of rotatable bonds is 11. The molecule has 33 heavy (non-hydrogen) atoms. The van der Waals surface area contributed by atoms with Gasteiger partial charge < -0.3 is 15.1 Å². The van der Waals surface area contributed by atoms with E-state index < -0.39 is 0 Å². The number of ether oxygens (including phenoxy) is 1. The van der Waals surface area contributed by atoms with Crippen LogP contribution in [-0.4, -0.2) is 22.6 Å². The molecule has 4 heteroatoms. The Balaban J connectivity index is 1.90. The van der Waals surface area contributed by atoms with Gasteiger partial charge in [-0.25, -0.2) is 0 Å². The highest BCUT2D eigenvalue weighted by molar-refractivity contribution is 5.63. The zero-order chi connectivity index (χ0) is 23.7. The van der Waals surface area contributed by atoms with Crippen molar-refractivity contribution >= 4 is 6.21 Å². The molecule has 3 rings (SSSR count). The molecule has 1 saturated carbocycles. The summed E-state index contributed by atoms with van der Waals surface area (Å²) in [5.41, 5.74) is 3.58. The Kier molecular flexibility index (Phi) is 9.37. The van der Waals surface area contributed by atoms with Gasteiger partial charge >= 0.3 is 0 Å². The summed E-state index contributed by atoms with van der Waals surface area (Å²) in [6, 6.07) is 16.9. The van der Waals surface area contributed by atoms with Gasteiger partial charge in [-0.1, -0.05) is 88.9 Å². The summed E-state index contributed by atoms with van der Waals surface area (Å²) in [5, 5.41) is 23.0. The van der Waals surface area contributed by atoms with Gasteiger partial charge in [-0.2, -0.15) is 0 Å². The molecule has 2 aromatic rings. The van der Waals surface area contributed by atoms with Crippen LogP contribution in [0.4, 0.5) is 0 Å². The van der Waals surface area contributed by atoms with Crippen molar-refractivity contribution in [3.05, 3.63) is 65.2 Å². The average Bonchev–Trinajstić information content (AvgIpc) is 2.82. The predicted octanol–water partition coefficient (Wildman–Crippen LogP) is 7.22. The summed E-state index contributed by atoms with van der Waals surface area (Å²) in [4.78, 5) is 0. The largest absolute Gasteiger partial charge is 0.489 e. The lowest BCUT2D eigenvalue weighted by Crippen LogP contribution is -2.28. The van der Waals surface area contributed by atoms with Crippen molar-refractivity contribution in [1.82, 2.24) is 0 Å². The summed E-state index contributed by atoms with van der Waals surface area (Å²) >= 11 is 0. The van der Waals surface area contributed by atoms with Crippen LogP contribution in [-0.2, 0) is 12.0 Å². The fourth-order valence-corrected chi connectivity index (χ4v) is 5.05. The van der Waals surface area contributed by atoms with Crippen LogP contribution < -0.4 is 4.74 Å². The molecule has 4 nitrogen and oxygen atoms in total. The number of aliphatic hydroxyl groups excluding tert-OH is 1.